The van der Waals surface area contributed by atoms with Crippen LogP contribution in [0.2, 0.25) is 5.02 Å². The molecule has 1 fully saturated rings. The summed E-state index contributed by atoms with van der Waals surface area (Å²) in [6.07, 6.45) is 3.70. The molecule has 0 saturated carbocycles. The number of nitrogens with one attached hydrogen (secondary N) is 1. The van der Waals surface area contributed by atoms with Gasteiger partial charge in [0.15, 0.2) is 6.04 Å². The lowest BCUT2D eigenvalue weighted by Crippen LogP contribution is -2.41. The van der Waals surface area contributed by atoms with E-state index >= 15 is 0 Å². The predicted octanol–water partition coefficient (Wildman–Crippen LogP) is 3.49. The Hall–Kier alpha value is -2.79. The fourth-order valence-corrected chi connectivity index (χ4v) is 2.89. The molecule has 6 heteroatoms. The average molecular weight is 357 g/mol. The Balaban J connectivity index is 1.96. The number of ether oxygens (including phenoxy) is 1. The number of methoxy groups -OCH3 is 1. The number of halogens is 1. The summed E-state index contributed by atoms with van der Waals surface area (Å²) in [6.45, 7) is 0. The molecule has 1 aliphatic rings. The molecule has 2 aromatic carbocycles. The van der Waals surface area contributed by atoms with Gasteiger partial charge in [-0.1, -0.05) is 54.1 Å². The van der Waals surface area contributed by atoms with Crippen LogP contribution in [0.5, 0.6) is 0 Å². The number of amides is 2. The third kappa shape index (κ3) is 3.67. The highest BCUT2D eigenvalue weighted by Gasteiger charge is 2.43. The van der Waals surface area contributed by atoms with E-state index in [1.807, 2.05) is 42.5 Å². The third-order valence-electron chi connectivity index (χ3n) is 3.98. The monoisotopic (exact) mass is 356 g/mol. The fraction of sp³-hybridized carbons (Fsp3) is 0.158. The van der Waals surface area contributed by atoms with Crippen molar-refractivity contribution < 1.29 is 14.3 Å². The Labute approximate surface area is 150 Å². The standard InChI is InChI=1S/C19H17ClN2O3/c1-25-18(23)17-16(12-7-13-5-3-2-4-6-13)22(19(24)21-17)15-10-8-14(20)9-11-15/h2-12,16-17H,1H3,(H,21,24)/b12-7+/t16-,17+/m1/s1. The van der Waals surface area contributed by atoms with Gasteiger partial charge in [0, 0.05) is 10.7 Å². The van der Waals surface area contributed by atoms with E-state index in [1.165, 1.54) is 12.0 Å². The van der Waals surface area contributed by atoms with Crippen LogP contribution in [0.4, 0.5) is 10.5 Å². The highest BCUT2D eigenvalue weighted by molar-refractivity contribution is 6.30. The van der Waals surface area contributed by atoms with Crippen molar-refractivity contribution in [2.45, 2.75) is 12.1 Å². The number of esters is 1. The second-order valence-corrected chi connectivity index (χ2v) is 5.99. The van der Waals surface area contributed by atoms with Crippen LogP contribution in [-0.2, 0) is 9.53 Å². The third-order valence-corrected chi connectivity index (χ3v) is 4.23. The molecule has 1 N–H and O–H groups in total. The van der Waals surface area contributed by atoms with E-state index in [9.17, 15) is 9.59 Å². The summed E-state index contributed by atoms with van der Waals surface area (Å²) >= 11 is 5.93. The van der Waals surface area contributed by atoms with Gasteiger partial charge in [0.2, 0.25) is 0 Å². The van der Waals surface area contributed by atoms with Gasteiger partial charge in [-0.15, -0.1) is 0 Å². The number of anilines is 1. The van der Waals surface area contributed by atoms with Crippen molar-refractivity contribution in [3.8, 4) is 0 Å². The molecular weight excluding hydrogens is 340 g/mol. The summed E-state index contributed by atoms with van der Waals surface area (Å²) in [5, 5.41) is 3.26. The number of carbonyl (C=O) groups excluding carboxylic acids is 2. The second kappa shape index (κ2) is 7.40. The summed E-state index contributed by atoms with van der Waals surface area (Å²) in [6, 6.07) is 14.9. The Kier molecular flexibility index (Phi) is 5.05. The van der Waals surface area contributed by atoms with E-state index in [0.29, 0.717) is 10.7 Å². The first-order valence-corrected chi connectivity index (χ1v) is 8.14. The van der Waals surface area contributed by atoms with Crippen LogP contribution in [0, 0.1) is 0 Å². The summed E-state index contributed by atoms with van der Waals surface area (Å²) in [5.41, 5.74) is 1.62. The highest BCUT2D eigenvalue weighted by Crippen LogP contribution is 2.27. The van der Waals surface area contributed by atoms with Crippen LogP contribution < -0.4 is 10.2 Å². The minimum Gasteiger partial charge on any atom is -0.467 e. The fourth-order valence-electron chi connectivity index (χ4n) is 2.76. The summed E-state index contributed by atoms with van der Waals surface area (Å²) in [7, 11) is 1.30. The molecule has 5 nitrogen and oxygen atoms in total. The molecular formula is C19H17ClN2O3. The van der Waals surface area contributed by atoms with Gasteiger partial charge in [-0.3, -0.25) is 4.90 Å². The van der Waals surface area contributed by atoms with E-state index in [1.54, 1.807) is 24.3 Å². The number of carbonyl (C=O) groups is 2. The molecule has 0 radical (unpaired) electrons. The molecule has 0 unspecified atom stereocenters. The predicted molar refractivity (Wildman–Crippen MR) is 97.5 cm³/mol. The number of urea groups is 1. The molecule has 0 bridgehead atoms. The molecule has 2 amide bonds. The van der Waals surface area contributed by atoms with Gasteiger partial charge in [-0.2, -0.15) is 0 Å². The van der Waals surface area contributed by atoms with Crippen molar-refractivity contribution >= 4 is 35.4 Å². The normalized spacial score (nSPS) is 19.9. The van der Waals surface area contributed by atoms with Crippen molar-refractivity contribution in [2.24, 2.45) is 0 Å². The first-order chi connectivity index (χ1) is 12.1. The maximum Gasteiger partial charge on any atom is 0.330 e. The maximum atomic E-state index is 12.5. The van der Waals surface area contributed by atoms with Crippen LogP contribution >= 0.6 is 11.6 Å². The molecule has 1 heterocycles. The summed E-state index contributed by atoms with van der Waals surface area (Å²) < 4.78 is 4.83. The van der Waals surface area contributed by atoms with E-state index in [4.69, 9.17) is 16.3 Å². The van der Waals surface area contributed by atoms with E-state index in [0.717, 1.165) is 5.56 Å². The lowest BCUT2D eigenvalue weighted by Gasteiger charge is -2.23. The number of benzene rings is 2. The van der Waals surface area contributed by atoms with Crippen molar-refractivity contribution in [1.82, 2.24) is 5.32 Å². The molecule has 1 aliphatic heterocycles. The van der Waals surface area contributed by atoms with Crippen LogP contribution in [0.1, 0.15) is 5.56 Å². The molecule has 3 rings (SSSR count). The first kappa shape index (κ1) is 17.0. The first-order valence-electron chi connectivity index (χ1n) is 7.76. The van der Waals surface area contributed by atoms with Gasteiger partial charge in [-0.25, -0.2) is 9.59 Å². The van der Waals surface area contributed by atoms with Gasteiger partial charge >= 0.3 is 12.0 Å². The van der Waals surface area contributed by atoms with Gasteiger partial charge in [-0.05, 0) is 29.8 Å². The Morgan fingerprint density at radius 2 is 1.84 bits per heavy atom. The maximum absolute atomic E-state index is 12.5. The minimum absolute atomic E-state index is 0.361. The quantitative estimate of drug-likeness (QED) is 0.853. The molecule has 25 heavy (non-hydrogen) atoms. The van der Waals surface area contributed by atoms with E-state index < -0.39 is 18.1 Å². The van der Waals surface area contributed by atoms with Crippen LogP contribution in [0.15, 0.2) is 60.7 Å². The number of hydrogen-bond acceptors (Lipinski definition) is 3. The lowest BCUT2D eigenvalue weighted by molar-refractivity contribution is -0.142. The number of hydrogen-bond donors (Lipinski definition) is 1. The molecule has 2 atom stereocenters. The van der Waals surface area contributed by atoms with Crippen molar-refractivity contribution in [1.29, 1.82) is 0 Å². The van der Waals surface area contributed by atoms with Gasteiger partial charge in [0.1, 0.15) is 0 Å². The molecule has 0 spiro atoms. The number of nitrogens with zero attached hydrogens (tertiary/aromatic N) is 1. The Morgan fingerprint density at radius 1 is 1.16 bits per heavy atom. The zero-order valence-corrected chi connectivity index (χ0v) is 14.3. The topological polar surface area (TPSA) is 58.6 Å². The summed E-state index contributed by atoms with van der Waals surface area (Å²) in [4.78, 5) is 26.1. The smallest absolute Gasteiger partial charge is 0.330 e. The average Bonchev–Trinajstić information content (AvgIpc) is 2.97. The Morgan fingerprint density at radius 3 is 2.48 bits per heavy atom. The lowest BCUT2D eigenvalue weighted by atomic mass is 10.1. The second-order valence-electron chi connectivity index (χ2n) is 5.56. The summed E-state index contributed by atoms with van der Waals surface area (Å²) in [5.74, 6) is -0.493. The van der Waals surface area contributed by atoms with Crippen molar-refractivity contribution in [3.63, 3.8) is 0 Å². The zero-order chi connectivity index (χ0) is 17.8. The van der Waals surface area contributed by atoms with Gasteiger partial charge < -0.3 is 10.1 Å². The number of rotatable bonds is 4. The molecule has 1 saturated heterocycles. The molecule has 128 valence electrons. The molecule has 2 aromatic rings. The highest BCUT2D eigenvalue weighted by atomic mass is 35.5. The Bertz CT molecular complexity index is 790. The van der Waals surface area contributed by atoms with Crippen LogP contribution in [0.3, 0.4) is 0 Å². The van der Waals surface area contributed by atoms with Crippen LogP contribution in [-0.4, -0.2) is 31.2 Å². The van der Waals surface area contributed by atoms with E-state index in [2.05, 4.69) is 5.32 Å². The van der Waals surface area contributed by atoms with Gasteiger partial charge in [0.25, 0.3) is 0 Å². The molecule has 0 aliphatic carbocycles. The van der Waals surface area contributed by atoms with E-state index in [-0.39, 0.29) is 6.03 Å². The molecule has 0 aromatic heterocycles. The van der Waals surface area contributed by atoms with Crippen LogP contribution in [0.25, 0.3) is 6.08 Å². The van der Waals surface area contributed by atoms with Crippen molar-refractivity contribution in [3.05, 3.63) is 71.3 Å². The SMILES string of the molecule is COC(=O)[C@H]1NC(=O)N(c2ccc(Cl)cc2)[C@@H]1/C=C/c1ccccc1. The van der Waals surface area contributed by atoms with Gasteiger partial charge in [0.05, 0.1) is 13.2 Å². The minimum atomic E-state index is -0.784. The largest absolute Gasteiger partial charge is 0.467 e. The van der Waals surface area contributed by atoms with Crippen molar-refractivity contribution in [2.75, 3.05) is 12.0 Å². The zero-order valence-electron chi connectivity index (χ0n) is 13.6.